The average Bonchev–Trinajstić information content (AvgIpc) is 3.46. The van der Waals surface area contributed by atoms with Crippen molar-refractivity contribution in [1.29, 1.82) is 0 Å². The molecule has 4 aliphatic rings. The first kappa shape index (κ1) is 32.6. The number of nitrogens with one attached hydrogen (secondary N) is 1. The van der Waals surface area contributed by atoms with Gasteiger partial charge in [0.25, 0.3) is 11.8 Å². The van der Waals surface area contributed by atoms with Crippen LogP contribution in [0.1, 0.15) is 41.9 Å². The number of nitrogens with zero attached hydrogens (tertiary/aromatic N) is 2. The minimum Gasteiger partial charge on any atom is -0.503 e. The van der Waals surface area contributed by atoms with Crippen molar-refractivity contribution in [3.05, 3.63) is 99.5 Å². The van der Waals surface area contributed by atoms with E-state index in [9.17, 15) is 29.4 Å². The van der Waals surface area contributed by atoms with Gasteiger partial charge in [0.2, 0.25) is 11.8 Å². The predicted octanol–water partition coefficient (Wildman–Crippen LogP) is 4.93. The summed E-state index contributed by atoms with van der Waals surface area (Å²) in [6.07, 6.45) is 1.86. The predicted molar refractivity (Wildman–Crippen MR) is 180 cm³/mol. The van der Waals surface area contributed by atoms with Crippen LogP contribution in [0.5, 0.6) is 11.5 Å². The van der Waals surface area contributed by atoms with E-state index in [0.717, 1.165) is 21.0 Å². The number of methoxy groups -OCH3 is 1. The highest BCUT2D eigenvalue weighted by molar-refractivity contribution is 9.10. The minimum absolute atomic E-state index is 0.108. The van der Waals surface area contributed by atoms with Crippen LogP contribution in [-0.4, -0.2) is 63.4 Å². The van der Waals surface area contributed by atoms with Crippen molar-refractivity contribution in [2.24, 2.45) is 23.7 Å². The van der Waals surface area contributed by atoms with Gasteiger partial charge in [-0.25, -0.2) is 0 Å². The molecule has 0 spiro atoms. The zero-order valence-electron chi connectivity index (χ0n) is 26.8. The average molecular weight is 729 g/mol. The van der Waals surface area contributed by atoms with Crippen LogP contribution >= 0.6 is 15.9 Å². The standard InChI is InChI=1S/C37H34BrN3O8/c1-19-8-10-22(11-9-19)39-41-34(46)26-18-25-23(12-13-24-30(25)35(47)40(33(24)45)15-14-29(42)43)31(20-16-27(38)32(44)28(17-20)49-2)37(26,36(41)48)21-6-4-3-5-7-21/h3-12,16-17,24-26,30-31,39,44H,13-15,18H2,1-2H3,(H,42,43). The van der Waals surface area contributed by atoms with Crippen LogP contribution in [0.15, 0.2) is 82.9 Å². The van der Waals surface area contributed by atoms with E-state index >= 15 is 4.79 Å². The highest BCUT2D eigenvalue weighted by Gasteiger charge is 2.70. The zero-order chi connectivity index (χ0) is 34.8. The van der Waals surface area contributed by atoms with Gasteiger partial charge in [0, 0.05) is 12.5 Å². The number of likely N-dealkylation sites (tertiary alicyclic amines) is 1. The zero-order valence-corrected chi connectivity index (χ0v) is 28.3. The maximum absolute atomic E-state index is 15.2. The Balaban J connectivity index is 1.44. The van der Waals surface area contributed by atoms with Crippen molar-refractivity contribution < 1.29 is 38.9 Å². The molecule has 6 unspecified atom stereocenters. The van der Waals surface area contributed by atoms with Crippen LogP contribution in [0.3, 0.4) is 0 Å². The van der Waals surface area contributed by atoms with Gasteiger partial charge in [-0.3, -0.25) is 34.3 Å². The van der Waals surface area contributed by atoms with Crippen molar-refractivity contribution in [3.8, 4) is 11.5 Å². The van der Waals surface area contributed by atoms with Gasteiger partial charge in [-0.05, 0) is 77.0 Å². The summed E-state index contributed by atoms with van der Waals surface area (Å²) in [6, 6.07) is 19.8. The summed E-state index contributed by atoms with van der Waals surface area (Å²) in [5.74, 6) is -6.86. The van der Waals surface area contributed by atoms with Gasteiger partial charge < -0.3 is 14.9 Å². The van der Waals surface area contributed by atoms with Gasteiger partial charge >= 0.3 is 5.97 Å². The molecule has 1 saturated carbocycles. The summed E-state index contributed by atoms with van der Waals surface area (Å²) >= 11 is 3.45. The molecular formula is C37H34BrN3O8. The van der Waals surface area contributed by atoms with Crippen LogP contribution in [0.25, 0.3) is 0 Å². The lowest BCUT2D eigenvalue weighted by molar-refractivity contribution is -0.143. The van der Waals surface area contributed by atoms with Crippen molar-refractivity contribution in [2.75, 3.05) is 19.1 Å². The van der Waals surface area contributed by atoms with Crippen LogP contribution in [0.4, 0.5) is 5.69 Å². The van der Waals surface area contributed by atoms with Gasteiger partial charge in [0.1, 0.15) is 0 Å². The van der Waals surface area contributed by atoms with E-state index in [-0.39, 0.29) is 37.3 Å². The number of fused-ring (bicyclic) bond motifs is 4. The highest BCUT2D eigenvalue weighted by atomic mass is 79.9. The molecule has 0 radical (unpaired) electrons. The molecule has 2 saturated heterocycles. The van der Waals surface area contributed by atoms with Crippen molar-refractivity contribution in [2.45, 2.75) is 37.5 Å². The van der Waals surface area contributed by atoms with Gasteiger partial charge in [-0.15, -0.1) is 0 Å². The van der Waals surface area contributed by atoms with Crippen LogP contribution in [0, 0.1) is 30.6 Å². The molecule has 0 bridgehead atoms. The van der Waals surface area contributed by atoms with Crippen LogP contribution in [0.2, 0.25) is 0 Å². The summed E-state index contributed by atoms with van der Waals surface area (Å²) in [5, 5.41) is 21.2. The topological polar surface area (TPSA) is 154 Å². The number of imide groups is 2. The monoisotopic (exact) mass is 727 g/mol. The first-order chi connectivity index (χ1) is 23.5. The smallest absolute Gasteiger partial charge is 0.305 e. The first-order valence-electron chi connectivity index (χ1n) is 16.1. The number of carbonyl (C=O) groups is 5. The summed E-state index contributed by atoms with van der Waals surface area (Å²) < 4.78 is 5.85. The number of halogens is 1. The number of phenolic OH excluding ortho intramolecular Hbond substituents is 1. The number of hydrogen-bond acceptors (Lipinski definition) is 8. The molecule has 2 aliphatic heterocycles. The Hall–Kier alpha value is -4.97. The number of hydrogen-bond donors (Lipinski definition) is 3. The normalized spacial score (nSPS) is 27.4. The second-order valence-electron chi connectivity index (χ2n) is 13.1. The number of ether oxygens (including phenoxy) is 1. The maximum atomic E-state index is 15.2. The third kappa shape index (κ3) is 4.95. The molecule has 3 aromatic carbocycles. The fourth-order valence-corrected chi connectivity index (χ4v) is 8.99. The molecule has 7 rings (SSSR count). The summed E-state index contributed by atoms with van der Waals surface area (Å²) in [6.45, 7) is 1.70. The Morgan fingerprint density at radius 2 is 1.71 bits per heavy atom. The van der Waals surface area contributed by atoms with E-state index in [1.165, 1.54) is 7.11 Å². The fourth-order valence-electron chi connectivity index (χ4n) is 8.53. The van der Waals surface area contributed by atoms with Gasteiger partial charge in [0.05, 0.1) is 46.9 Å². The summed E-state index contributed by atoms with van der Waals surface area (Å²) in [4.78, 5) is 69.9. The van der Waals surface area contributed by atoms with Gasteiger partial charge in [-0.1, -0.05) is 59.7 Å². The molecule has 2 aliphatic carbocycles. The number of benzene rings is 3. The summed E-state index contributed by atoms with van der Waals surface area (Å²) in [7, 11) is 1.42. The van der Waals surface area contributed by atoms with Crippen molar-refractivity contribution in [3.63, 3.8) is 0 Å². The molecule has 3 N–H and O–H groups in total. The largest absolute Gasteiger partial charge is 0.503 e. The van der Waals surface area contributed by atoms with E-state index in [4.69, 9.17) is 4.74 Å². The molecule has 49 heavy (non-hydrogen) atoms. The second-order valence-corrected chi connectivity index (χ2v) is 14.0. The Bertz CT molecular complexity index is 1930. The van der Waals surface area contributed by atoms with Crippen LogP contribution < -0.4 is 10.2 Å². The van der Waals surface area contributed by atoms with E-state index in [2.05, 4.69) is 21.4 Å². The van der Waals surface area contributed by atoms with E-state index in [1.807, 2.05) is 55.5 Å². The number of amides is 4. The molecule has 3 fully saturated rings. The fraction of sp³-hybridized carbons (Fsp3) is 0.324. The number of carbonyl (C=O) groups excluding carboxylic acids is 4. The molecular weight excluding hydrogens is 694 g/mol. The maximum Gasteiger partial charge on any atom is 0.305 e. The number of aromatic hydroxyl groups is 1. The number of anilines is 1. The lowest BCUT2D eigenvalue weighted by Crippen LogP contribution is -2.53. The van der Waals surface area contributed by atoms with E-state index < -0.39 is 64.6 Å². The number of allylic oxidation sites excluding steroid dienone is 2. The molecule has 11 nitrogen and oxygen atoms in total. The minimum atomic E-state index is -1.48. The number of phenols is 1. The molecule has 6 atom stereocenters. The number of aliphatic carboxylic acids is 1. The van der Waals surface area contributed by atoms with Gasteiger partial charge in [0.15, 0.2) is 11.5 Å². The Kier molecular flexibility index (Phi) is 8.09. The number of aryl methyl sites for hydroxylation is 1. The lowest BCUT2D eigenvalue weighted by atomic mass is 9.49. The number of rotatable bonds is 8. The van der Waals surface area contributed by atoms with Crippen LogP contribution in [-0.2, 0) is 29.4 Å². The van der Waals surface area contributed by atoms with E-state index in [1.54, 1.807) is 24.3 Å². The Morgan fingerprint density at radius 3 is 2.39 bits per heavy atom. The van der Waals surface area contributed by atoms with Gasteiger partial charge in [-0.2, -0.15) is 5.01 Å². The first-order valence-corrected chi connectivity index (χ1v) is 16.9. The number of carboxylic acid groups (broad SMARTS) is 1. The molecule has 2 heterocycles. The van der Waals surface area contributed by atoms with Crippen molar-refractivity contribution >= 4 is 51.2 Å². The highest BCUT2D eigenvalue weighted by Crippen LogP contribution is 2.64. The molecule has 3 aromatic rings. The SMILES string of the molecule is COc1cc(C2C3=CCC4C(=O)N(CCC(=O)O)C(=O)C4C3CC3C(=O)N(Nc4ccc(C)cc4)C(=O)C32c2ccccc2)cc(Br)c1O. The quantitative estimate of drug-likeness (QED) is 0.217. The third-order valence-electron chi connectivity index (χ3n) is 10.6. The molecule has 0 aromatic heterocycles. The Morgan fingerprint density at radius 1 is 1.00 bits per heavy atom. The molecule has 12 heteroatoms. The van der Waals surface area contributed by atoms with E-state index in [0.29, 0.717) is 21.3 Å². The third-order valence-corrected chi connectivity index (χ3v) is 11.2. The number of hydrazine groups is 1. The number of carboxylic acids is 1. The second kappa shape index (κ2) is 12.2. The lowest BCUT2D eigenvalue weighted by Gasteiger charge is -2.50. The summed E-state index contributed by atoms with van der Waals surface area (Å²) in [5.41, 5.74) is 5.05. The van der Waals surface area contributed by atoms with Crippen molar-refractivity contribution in [1.82, 2.24) is 9.91 Å². The Labute approximate surface area is 290 Å². The molecule has 4 amide bonds. The molecule has 252 valence electrons.